The van der Waals surface area contributed by atoms with Gasteiger partial charge in [0.15, 0.2) is 0 Å². The van der Waals surface area contributed by atoms with Gasteiger partial charge in [-0.1, -0.05) is 228 Å². The third-order valence-electron chi connectivity index (χ3n) is 17.9. The molecule has 0 N–H and O–H groups in total. The molecule has 0 saturated carbocycles. The summed E-state index contributed by atoms with van der Waals surface area (Å²) in [4.78, 5) is 4.89. The van der Waals surface area contributed by atoms with Gasteiger partial charge in [0.25, 0.3) is 0 Å². The van der Waals surface area contributed by atoms with Gasteiger partial charge < -0.3 is 9.80 Å². The lowest BCUT2D eigenvalue weighted by Crippen LogP contribution is -2.31. The maximum absolute atomic E-state index is 2.55. The van der Waals surface area contributed by atoms with Crippen molar-refractivity contribution in [1.82, 2.24) is 0 Å². The molecule has 2 heterocycles. The van der Waals surface area contributed by atoms with Crippen LogP contribution in [0.1, 0.15) is 72.2 Å². The van der Waals surface area contributed by atoms with Gasteiger partial charge in [-0.15, -0.1) is 0 Å². The molecule has 15 rings (SSSR count). The number of hydrogen-bond acceptors (Lipinski definition) is 2. The molecular formula is C71H54N2. The minimum atomic E-state index is -0.459. The fourth-order valence-corrected chi connectivity index (χ4v) is 14.7. The normalized spacial score (nSPS) is 15.5. The Labute approximate surface area is 428 Å². The minimum absolute atomic E-state index is 0.194. The van der Waals surface area contributed by atoms with Crippen molar-refractivity contribution in [3.63, 3.8) is 0 Å². The minimum Gasteiger partial charge on any atom is -0.344 e. The zero-order chi connectivity index (χ0) is 49.1. The Bertz CT molecular complexity index is 3990. The van der Waals surface area contributed by atoms with Gasteiger partial charge in [-0.25, -0.2) is 0 Å². The van der Waals surface area contributed by atoms with E-state index in [2.05, 4.69) is 270 Å². The molecule has 2 nitrogen and oxygen atoms in total. The summed E-state index contributed by atoms with van der Waals surface area (Å²) in [5.41, 5.74) is 27.7. The van der Waals surface area contributed by atoms with Crippen LogP contribution in [0.3, 0.4) is 0 Å². The topological polar surface area (TPSA) is 6.48 Å². The van der Waals surface area contributed by atoms with Gasteiger partial charge in [-0.3, -0.25) is 0 Å². The third kappa shape index (κ3) is 5.33. The van der Waals surface area contributed by atoms with Crippen LogP contribution in [0.4, 0.5) is 22.7 Å². The smallest absolute Gasteiger partial charge is 0.0725 e. The Hall–Kier alpha value is -8.46. The first-order chi connectivity index (χ1) is 35.6. The number of anilines is 4. The van der Waals surface area contributed by atoms with Gasteiger partial charge in [0.1, 0.15) is 0 Å². The second kappa shape index (κ2) is 14.8. The van der Waals surface area contributed by atoms with E-state index in [0.717, 1.165) is 0 Å². The summed E-state index contributed by atoms with van der Waals surface area (Å²) in [6.45, 7) is 9.56. The van der Waals surface area contributed by atoms with Crippen LogP contribution in [0.5, 0.6) is 0 Å². The van der Waals surface area contributed by atoms with Crippen molar-refractivity contribution < 1.29 is 0 Å². The van der Waals surface area contributed by atoms with Crippen molar-refractivity contribution in [2.45, 2.75) is 43.9 Å². The van der Waals surface area contributed by atoms with Crippen LogP contribution < -0.4 is 9.80 Å². The van der Waals surface area contributed by atoms with Crippen molar-refractivity contribution >= 4 is 44.3 Å². The van der Waals surface area contributed by atoms with Gasteiger partial charge >= 0.3 is 0 Å². The lowest BCUT2D eigenvalue weighted by Gasteiger charge is -2.41. The highest BCUT2D eigenvalue weighted by molar-refractivity contribution is 6.22. The number of para-hydroxylation sites is 4. The molecular weight excluding hydrogens is 881 g/mol. The summed E-state index contributed by atoms with van der Waals surface area (Å²) in [7, 11) is 4.52. The number of rotatable bonds is 3. The lowest BCUT2D eigenvalue weighted by molar-refractivity contribution is 0.630. The van der Waals surface area contributed by atoms with Crippen molar-refractivity contribution in [2.24, 2.45) is 0 Å². The van der Waals surface area contributed by atoms with Crippen LogP contribution in [0.2, 0.25) is 0 Å². The molecule has 0 amide bonds. The molecule has 0 radical (unpaired) electrons. The van der Waals surface area contributed by atoms with Gasteiger partial charge in [-0.05, 0) is 129 Å². The van der Waals surface area contributed by atoms with Crippen LogP contribution in [-0.2, 0) is 16.2 Å². The van der Waals surface area contributed by atoms with Crippen molar-refractivity contribution in [1.29, 1.82) is 0 Å². The number of nitrogens with zero attached hydrogens (tertiary/aromatic N) is 2. The van der Waals surface area contributed by atoms with Crippen LogP contribution in [0.15, 0.2) is 218 Å². The van der Waals surface area contributed by atoms with Gasteiger partial charge in [0, 0.05) is 47.4 Å². The number of benzene rings is 11. The standard InChI is InChI=1S/C71H54N2/c1-69(2)58-35-13-15-40-63(58)72(5)67-49(29-19-38-61(67)69)43-25-17-27-47-53(43)42-54-44(50-30-20-39-62-68(50)73(6)64-41-16-14-36-59(64)70(62,3)4)26-18-28-48(54)65(47)52-31-21-37-60-66(52)51-24-9-12-34-57(51)71(60)55-32-10-7-22-45(55)46-23-8-11-33-56(46)71/h7-42H,1-6H3. The molecule has 2 aliphatic heterocycles. The predicted octanol–water partition coefficient (Wildman–Crippen LogP) is 18.2. The molecule has 11 aromatic carbocycles. The summed E-state index contributed by atoms with van der Waals surface area (Å²) in [6.07, 6.45) is 0. The molecule has 11 aromatic rings. The Morgan fingerprint density at radius 2 is 0.603 bits per heavy atom. The van der Waals surface area contributed by atoms with E-state index in [4.69, 9.17) is 0 Å². The van der Waals surface area contributed by atoms with Crippen LogP contribution in [-0.4, -0.2) is 14.1 Å². The van der Waals surface area contributed by atoms with Gasteiger partial charge in [0.2, 0.25) is 0 Å². The molecule has 4 aliphatic rings. The monoisotopic (exact) mass is 934 g/mol. The molecule has 348 valence electrons. The van der Waals surface area contributed by atoms with Gasteiger partial charge in [0.05, 0.1) is 16.8 Å². The first-order valence-corrected chi connectivity index (χ1v) is 26.0. The molecule has 1 spiro atoms. The Morgan fingerprint density at radius 3 is 1.10 bits per heavy atom. The molecule has 73 heavy (non-hydrogen) atoms. The number of hydrogen-bond donors (Lipinski definition) is 0. The predicted molar refractivity (Wildman–Crippen MR) is 307 cm³/mol. The first-order valence-electron chi connectivity index (χ1n) is 26.0. The molecule has 2 aliphatic carbocycles. The summed E-state index contributed by atoms with van der Waals surface area (Å²) in [6, 6.07) is 83.4. The van der Waals surface area contributed by atoms with E-state index >= 15 is 0 Å². The maximum Gasteiger partial charge on any atom is 0.0725 e. The largest absolute Gasteiger partial charge is 0.344 e. The zero-order valence-electron chi connectivity index (χ0n) is 42.2. The summed E-state index contributed by atoms with van der Waals surface area (Å²) in [5.74, 6) is 0. The van der Waals surface area contributed by atoms with Crippen molar-refractivity contribution in [3.05, 3.63) is 263 Å². The highest BCUT2D eigenvalue weighted by Gasteiger charge is 2.52. The van der Waals surface area contributed by atoms with E-state index < -0.39 is 5.41 Å². The highest BCUT2D eigenvalue weighted by Crippen LogP contribution is 2.65. The van der Waals surface area contributed by atoms with E-state index in [1.165, 1.54) is 144 Å². The van der Waals surface area contributed by atoms with E-state index in [1.807, 2.05) is 0 Å². The molecule has 0 fully saturated rings. The Morgan fingerprint density at radius 1 is 0.260 bits per heavy atom. The molecule has 2 heteroatoms. The zero-order valence-corrected chi connectivity index (χ0v) is 42.2. The number of fused-ring (bicyclic) bond motifs is 16. The second-order valence-corrected chi connectivity index (χ2v) is 22.0. The summed E-state index contributed by atoms with van der Waals surface area (Å²) in [5, 5.41) is 4.99. The van der Waals surface area contributed by atoms with Crippen LogP contribution in [0, 0.1) is 0 Å². The van der Waals surface area contributed by atoms with Crippen molar-refractivity contribution in [3.8, 4) is 55.6 Å². The van der Waals surface area contributed by atoms with E-state index in [-0.39, 0.29) is 10.8 Å². The van der Waals surface area contributed by atoms with E-state index in [0.29, 0.717) is 0 Å². The average molecular weight is 935 g/mol. The lowest BCUT2D eigenvalue weighted by atomic mass is 9.70. The summed E-state index contributed by atoms with van der Waals surface area (Å²) >= 11 is 0. The Balaban J connectivity index is 1.07. The van der Waals surface area contributed by atoms with Crippen molar-refractivity contribution in [2.75, 3.05) is 23.9 Å². The van der Waals surface area contributed by atoms with Crippen LogP contribution >= 0.6 is 0 Å². The summed E-state index contributed by atoms with van der Waals surface area (Å²) < 4.78 is 0. The Kier molecular flexibility index (Phi) is 8.57. The average Bonchev–Trinajstić information content (AvgIpc) is 3.92. The fraction of sp³-hybridized carbons (Fsp3) is 0.127. The quantitative estimate of drug-likeness (QED) is 0.163. The van der Waals surface area contributed by atoms with E-state index in [1.54, 1.807) is 0 Å². The fourth-order valence-electron chi connectivity index (χ4n) is 14.7. The maximum atomic E-state index is 2.55. The van der Waals surface area contributed by atoms with E-state index in [9.17, 15) is 0 Å². The van der Waals surface area contributed by atoms with Crippen LogP contribution in [0.25, 0.3) is 77.2 Å². The molecule has 0 bridgehead atoms. The third-order valence-corrected chi connectivity index (χ3v) is 17.9. The molecule has 0 saturated heterocycles. The van der Waals surface area contributed by atoms with Gasteiger partial charge in [-0.2, -0.15) is 0 Å². The second-order valence-electron chi connectivity index (χ2n) is 22.0. The molecule has 0 atom stereocenters. The first kappa shape index (κ1) is 42.2. The SMILES string of the molecule is CN1c2ccccc2C(C)(C)c2cccc(-c3cccc4c(-c5cccc6c5-c5ccccc5C65c6ccccc6-c6ccccc65)c5cccc(-c6cccc7c6N(C)c6ccccc6C7(C)C)c5cc34)c21. The highest BCUT2D eigenvalue weighted by atomic mass is 15.1. The molecule has 0 aromatic heterocycles. The molecule has 0 unspecified atom stereocenters.